The third-order valence-corrected chi connectivity index (χ3v) is 5.06. The van der Waals surface area contributed by atoms with E-state index in [1.807, 2.05) is 0 Å². The summed E-state index contributed by atoms with van der Waals surface area (Å²) in [5.41, 5.74) is 1.96. The topological polar surface area (TPSA) is 126 Å². The Bertz CT molecular complexity index is 1140. The Morgan fingerprint density at radius 1 is 0.906 bits per heavy atom. The standard InChI is InChI=1S/C22H20N6O4/c1-14(27-13-23-12-24-27)21(31)25-16-4-6-17(7-5-16)26-22(32)15-2-8-18(9-3-15)28-19(29)10-11-20(28)30/h2-9,12-14H,10-11H2,1H3,(H,25,31)(H,26,32). The number of hydrogen-bond acceptors (Lipinski definition) is 6. The molecule has 162 valence electrons. The number of carbonyl (C=O) groups is 4. The van der Waals surface area contributed by atoms with Crippen LogP contribution < -0.4 is 15.5 Å². The van der Waals surface area contributed by atoms with E-state index in [2.05, 4.69) is 20.7 Å². The molecule has 3 aromatic rings. The van der Waals surface area contributed by atoms with E-state index in [9.17, 15) is 19.2 Å². The van der Waals surface area contributed by atoms with Gasteiger partial charge in [0, 0.05) is 29.8 Å². The van der Waals surface area contributed by atoms with Gasteiger partial charge >= 0.3 is 0 Å². The molecule has 4 rings (SSSR count). The Morgan fingerprint density at radius 2 is 1.50 bits per heavy atom. The number of imide groups is 1. The number of nitrogens with one attached hydrogen (secondary N) is 2. The predicted molar refractivity (Wildman–Crippen MR) is 116 cm³/mol. The van der Waals surface area contributed by atoms with Crippen molar-refractivity contribution in [3.8, 4) is 0 Å². The number of anilines is 3. The molecule has 32 heavy (non-hydrogen) atoms. The maximum Gasteiger partial charge on any atom is 0.255 e. The van der Waals surface area contributed by atoms with Gasteiger partial charge < -0.3 is 10.6 Å². The van der Waals surface area contributed by atoms with Crippen LogP contribution in [-0.2, 0) is 14.4 Å². The number of amides is 4. The van der Waals surface area contributed by atoms with Crippen LogP contribution >= 0.6 is 0 Å². The lowest BCUT2D eigenvalue weighted by Crippen LogP contribution is -2.28. The molecule has 1 fully saturated rings. The first-order chi connectivity index (χ1) is 15.4. The molecule has 0 aliphatic carbocycles. The van der Waals surface area contributed by atoms with Crippen molar-refractivity contribution in [2.24, 2.45) is 0 Å². The van der Waals surface area contributed by atoms with Crippen LogP contribution in [0.25, 0.3) is 0 Å². The Kier molecular flexibility index (Phi) is 5.75. The van der Waals surface area contributed by atoms with Gasteiger partial charge in [0.2, 0.25) is 17.7 Å². The van der Waals surface area contributed by atoms with Crippen LogP contribution in [0.2, 0.25) is 0 Å². The number of carbonyl (C=O) groups excluding carboxylic acids is 4. The van der Waals surface area contributed by atoms with E-state index < -0.39 is 6.04 Å². The summed E-state index contributed by atoms with van der Waals surface area (Å²) in [6, 6.07) is 12.4. The zero-order chi connectivity index (χ0) is 22.7. The lowest BCUT2D eigenvalue weighted by atomic mass is 10.1. The van der Waals surface area contributed by atoms with Crippen LogP contribution in [0.1, 0.15) is 36.2 Å². The van der Waals surface area contributed by atoms with Gasteiger partial charge in [0.05, 0.1) is 5.69 Å². The molecule has 0 radical (unpaired) electrons. The van der Waals surface area contributed by atoms with Crippen molar-refractivity contribution in [3.63, 3.8) is 0 Å². The molecule has 2 N–H and O–H groups in total. The summed E-state index contributed by atoms with van der Waals surface area (Å²) in [5.74, 6) is -1.07. The summed E-state index contributed by atoms with van der Waals surface area (Å²) < 4.78 is 1.45. The molecular formula is C22H20N6O4. The van der Waals surface area contributed by atoms with E-state index >= 15 is 0 Å². The minimum Gasteiger partial charge on any atom is -0.324 e. The van der Waals surface area contributed by atoms with Gasteiger partial charge in [0.25, 0.3) is 5.91 Å². The first kappa shape index (κ1) is 20.9. The summed E-state index contributed by atoms with van der Waals surface area (Å²) in [6.07, 6.45) is 3.24. The molecule has 1 saturated heterocycles. The number of benzene rings is 2. The van der Waals surface area contributed by atoms with Crippen molar-refractivity contribution < 1.29 is 19.2 Å². The van der Waals surface area contributed by atoms with Crippen molar-refractivity contribution in [3.05, 3.63) is 66.7 Å². The minimum atomic E-state index is -0.522. The summed E-state index contributed by atoms with van der Waals surface area (Å²) in [6.45, 7) is 1.71. The van der Waals surface area contributed by atoms with E-state index in [-0.39, 0.29) is 36.5 Å². The second kappa shape index (κ2) is 8.80. The molecule has 1 aliphatic heterocycles. The van der Waals surface area contributed by atoms with E-state index in [4.69, 9.17) is 0 Å². The smallest absolute Gasteiger partial charge is 0.255 e. The molecule has 1 aromatic heterocycles. The van der Waals surface area contributed by atoms with Crippen molar-refractivity contribution in [2.75, 3.05) is 15.5 Å². The highest BCUT2D eigenvalue weighted by molar-refractivity contribution is 6.20. The van der Waals surface area contributed by atoms with Crippen LogP contribution in [0, 0.1) is 0 Å². The van der Waals surface area contributed by atoms with E-state index in [0.29, 0.717) is 22.6 Å². The SMILES string of the molecule is CC(C(=O)Nc1ccc(NC(=O)c2ccc(N3C(=O)CCC3=O)cc2)cc1)n1cncn1. The number of aromatic nitrogens is 3. The molecule has 10 nitrogen and oxygen atoms in total. The maximum absolute atomic E-state index is 12.5. The number of nitrogens with zero attached hydrogens (tertiary/aromatic N) is 4. The van der Waals surface area contributed by atoms with Crippen LogP contribution in [0.5, 0.6) is 0 Å². The summed E-state index contributed by atoms with van der Waals surface area (Å²) >= 11 is 0. The second-order valence-corrected chi connectivity index (χ2v) is 7.24. The molecule has 4 amide bonds. The Morgan fingerprint density at radius 3 is 2.06 bits per heavy atom. The Balaban J connectivity index is 1.36. The normalized spacial score (nSPS) is 14.3. The van der Waals surface area contributed by atoms with Crippen molar-refractivity contribution >= 4 is 40.7 Å². The van der Waals surface area contributed by atoms with Crippen LogP contribution in [0.4, 0.5) is 17.1 Å². The highest BCUT2D eigenvalue weighted by Gasteiger charge is 2.30. The zero-order valence-corrected chi connectivity index (χ0v) is 17.2. The largest absolute Gasteiger partial charge is 0.324 e. The molecule has 1 unspecified atom stereocenters. The fourth-order valence-electron chi connectivity index (χ4n) is 3.25. The van der Waals surface area contributed by atoms with Gasteiger partial charge in [-0.05, 0) is 55.5 Å². The van der Waals surface area contributed by atoms with Crippen molar-refractivity contribution in [1.82, 2.24) is 14.8 Å². The lowest BCUT2D eigenvalue weighted by Gasteiger charge is -2.14. The van der Waals surface area contributed by atoms with Crippen LogP contribution in [-0.4, -0.2) is 38.4 Å². The van der Waals surface area contributed by atoms with Crippen molar-refractivity contribution in [1.29, 1.82) is 0 Å². The third-order valence-electron chi connectivity index (χ3n) is 5.06. The molecule has 10 heteroatoms. The van der Waals surface area contributed by atoms with E-state index in [1.54, 1.807) is 55.5 Å². The van der Waals surface area contributed by atoms with Gasteiger partial charge in [-0.25, -0.2) is 9.67 Å². The quantitative estimate of drug-likeness (QED) is 0.576. The van der Waals surface area contributed by atoms with Gasteiger partial charge in [-0.3, -0.25) is 24.1 Å². The maximum atomic E-state index is 12.5. The predicted octanol–water partition coefficient (Wildman–Crippen LogP) is 2.38. The van der Waals surface area contributed by atoms with E-state index in [0.717, 1.165) is 4.90 Å². The first-order valence-electron chi connectivity index (χ1n) is 9.94. The molecule has 1 atom stereocenters. The van der Waals surface area contributed by atoms with Gasteiger partial charge in [-0.1, -0.05) is 0 Å². The van der Waals surface area contributed by atoms with Gasteiger partial charge in [-0.15, -0.1) is 0 Å². The molecule has 0 spiro atoms. The monoisotopic (exact) mass is 432 g/mol. The van der Waals surface area contributed by atoms with Crippen LogP contribution in [0.15, 0.2) is 61.2 Å². The van der Waals surface area contributed by atoms with Gasteiger partial charge in [0.15, 0.2) is 0 Å². The Hall–Kier alpha value is -4.34. The lowest BCUT2D eigenvalue weighted by molar-refractivity contribution is -0.121. The average molecular weight is 432 g/mol. The van der Waals surface area contributed by atoms with Gasteiger partial charge in [0.1, 0.15) is 18.7 Å². The molecular weight excluding hydrogens is 412 g/mol. The molecule has 0 bridgehead atoms. The van der Waals surface area contributed by atoms with Crippen molar-refractivity contribution in [2.45, 2.75) is 25.8 Å². The summed E-state index contributed by atoms with van der Waals surface area (Å²) in [7, 11) is 0. The summed E-state index contributed by atoms with van der Waals surface area (Å²) in [4.78, 5) is 53.4. The van der Waals surface area contributed by atoms with Crippen LogP contribution in [0.3, 0.4) is 0 Å². The molecule has 0 saturated carbocycles. The average Bonchev–Trinajstić information content (AvgIpc) is 3.44. The fourth-order valence-corrected chi connectivity index (χ4v) is 3.25. The summed E-state index contributed by atoms with van der Waals surface area (Å²) in [5, 5.41) is 9.50. The number of hydrogen-bond donors (Lipinski definition) is 2. The zero-order valence-electron chi connectivity index (χ0n) is 17.2. The second-order valence-electron chi connectivity index (χ2n) is 7.24. The first-order valence-corrected chi connectivity index (χ1v) is 9.94. The van der Waals surface area contributed by atoms with Gasteiger partial charge in [-0.2, -0.15) is 5.10 Å². The van der Waals surface area contributed by atoms with E-state index in [1.165, 1.54) is 17.3 Å². The number of rotatable bonds is 6. The Labute approximate surface area is 183 Å². The minimum absolute atomic E-state index is 0.205. The molecule has 2 heterocycles. The molecule has 1 aliphatic rings. The highest BCUT2D eigenvalue weighted by atomic mass is 16.2. The fraction of sp³-hybridized carbons (Fsp3) is 0.182. The highest BCUT2D eigenvalue weighted by Crippen LogP contribution is 2.23. The molecule has 2 aromatic carbocycles. The third kappa shape index (κ3) is 4.38.